The highest BCUT2D eigenvalue weighted by Crippen LogP contribution is 2.36. The van der Waals surface area contributed by atoms with Gasteiger partial charge in [-0.25, -0.2) is 4.39 Å². The Hall–Kier alpha value is -0.940. The predicted molar refractivity (Wildman–Crippen MR) is 72.5 cm³/mol. The minimum absolute atomic E-state index is 0.164. The van der Waals surface area contributed by atoms with Crippen LogP contribution in [0.15, 0.2) is 36.4 Å². The number of benzene rings is 1. The molecule has 0 bridgehead atoms. The molecule has 0 fully saturated rings. The Kier molecular flexibility index (Phi) is 4.35. The lowest BCUT2D eigenvalue weighted by Gasteiger charge is -2.21. The zero-order chi connectivity index (χ0) is 13.1. The SMILES string of the molecule is NCC(c1ccccc1F)C(O)c1ccc(Cl)s1. The summed E-state index contributed by atoms with van der Waals surface area (Å²) in [7, 11) is 0. The van der Waals surface area contributed by atoms with Gasteiger partial charge in [-0.2, -0.15) is 0 Å². The van der Waals surface area contributed by atoms with E-state index in [0.717, 1.165) is 0 Å². The number of aliphatic hydroxyl groups excluding tert-OH is 1. The Morgan fingerprint density at radius 2 is 2.00 bits per heavy atom. The fraction of sp³-hybridized carbons (Fsp3) is 0.231. The molecule has 0 spiro atoms. The summed E-state index contributed by atoms with van der Waals surface area (Å²) in [5.74, 6) is -0.824. The van der Waals surface area contributed by atoms with Crippen LogP contribution < -0.4 is 5.73 Å². The van der Waals surface area contributed by atoms with Crippen LogP contribution in [0, 0.1) is 5.82 Å². The van der Waals surface area contributed by atoms with E-state index in [1.807, 2.05) is 0 Å². The maximum absolute atomic E-state index is 13.7. The first-order valence-electron chi connectivity index (χ1n) is 5.51. The smallest absolute Gasteiger partial charge is 0.126 e. The fourth-order valence-electron chi connectivity index (χ4n) is 1.89. The summed E-state index contributed by atoms with van der Waals surface area (Å²) in [6.07, 6.45) is -0.843. The van der Waals surface area contributed by atoms with Gasteiger partial charge in [-0.05, 0) is 23.8 Å². The molecule has 0 saturated heterocycles. The van der Waals surface area contributed by atoms with E-state index in [9.17, 15) is 9.50 Å². The Labute approximate surface area is 114 Å². The number of thiophene rings is 1. The minimum Gasteiger partial charge on any atom is -0.387 e. The van der Waals surface area contributed by atoms with Crippen molar-refractivity contribution in [2.75, 3.05) is 6.54 Å². The molecule has 0 aliphatic rings. The number of rotatable bonds is 4. The van der Waals surface area contributed by atoms with Crippen LogP contribution in [-0.4, -0.2) is 11.7 Å². The van der Waals surface area contributed by atoms with Crippen molar-refractivity contribution in [3.8, 4) is 0 Å². The van der Waals surface area contributed by atoms with Gasteiger partial charge in [0.2, 0.25) is 0 Å². The monoisotopic (exact) mass is 285 g/mol. The molecule has 0 aliphatic carbocycles. The van der Waals surface area contributed by atoms with Crippen molar-refractivity contribution in [2.24, 2.45) is 5.73 Å². The standard InChI is InChI=1S/C13H13ClFNOS/c14-12-6-5-11(18-12)13(17)9(7-16)8-3-1-2-4-10(8)15/h1-6,9,13,17H,7,16H2. The van der Waals surface area contributed by atoms with Gasteiger partial charge >= 0.3 is 0 Å². The predicted octanol–water partition coefficient (Wildman–Crippen LogP) is 3.32. The molecule has 18 heavy (non-hydrogen) atoms. The highest BCUT2D eigenvalue weighted by molar-refractivity contribution is 7.16. The average Bonchev–Trinajstić information content (AvgIpc) is 2.79. The van der Waals surface area contributed by atoms with Crippen molar-refractivity contribution in [3.05, 3.63) is 57.0 Å². The minimum atomic E-state index is -0.843. The lowest BCUT2D eigenvalue weighted by molar-refractivity contribution is 0.149. The summed E-state index contributed by atoms with van der Waals surface area (Å²) in [5.41, 5.74) is 6.09. The third-order valence-electron chi connectivity index (χ3n) is 2.83. The summed E-state index contributed by atoms with van der Waals surface area (Å²) in [5, 5.41) is 10.3. The molecule has 2 unspecified atom stereocenters. The highest BCUT2D eigenvalue weighted by atomic mass is 35.5. The van der Waals surface area contributed by atoms with Gasteiger partial charge in [0.25, 0.3) is 0 Å². The molecule has 5 heteroatoms. The molecular formula is C13H13ClFNOS. The molecule has 0 radical (unpaired) electrons. The van der Waals surface area contributed by atoms with Crippen molar-refractivity contribution in [3.63, 3.8) is 0 Å². The van der Waals surface area contributed by atoms with Crippen LogP contribution in [-0.2, 0) is 0 Å². The van der Waals surface area contributed by atoms with Crippen LogP contribution in [0.2, 0.25) is 4.34 Å². The second-order valence-corrected chi connectivity index (χ2v) is 5.70. The second kappa shape index (κ2) is 5.80. The maximum Gasteiger partial charge on any atom is 0.126 e. The van der Waals surface area contributed by atoms with E-state index in [1.54, 1.807) is 30.3 Å². The first-order chi connectivity index (χ1) is 8.63. The number of nitrogens with two attached hydrogens (primary N) is 1. The molecule has 1 aromatic heterocycles. The Bertz CT molecular complexity index is 531. The van der Waals surface area contributed by atoms with E-state index >= 15 is 0 Å². The van der Waals surface area contributed by atoms with E-state index in [4.69, 9.17) is 17.3 Å². The van der Waals surface area contributed by atoms with Gasteiger partial charge in [-0.1, -0.05) is 29.8 Å². The van der Waals surface area contributed by atoms with Crippen LogP contribution in [0.3, 0.4) is 0 Å². The van der Waals surface area contributed by atoms with Crippen molar-refractivity contribution in [2.45, 2.75) is 12.0 Å². The first kappa shape index (κ1) is 13.5. The van der Waals surface area contributed by atoms with Crippen molar-refractivity contribution >= 4 is 22.9 Å². The lowest BCUT2D eigenvalue weighted by Crippen LogP contribution is -2.20. The number of hydrogen-bond donors (Lipinski definition) is 2. The van der Waals surface area contributed by atoms with Crippen LogP contribution in [0.1, 0.15) is 22.5 Å². The second-order valence-electron chi connectivity index (χ2n) is 3.95. The molecule has 1 aromatic carbocycles. The van der Waals surface area contributed by atoms with E-state index in [-0.39, 0.29) is 12.4 Å². The molecule has 1 heterocycles. The Balaban J connectivity index is 2.32. The van der Waals surface area contributed by atoms with Crippen LogP contribution in [0.5, 0.6) is 0 Å². The highest BCUT2D eigenvalue weighted by Gasteiger charge is 2.25. The fourth-order valence-corrected chi connectivity index (χ4v) is 3.00. The molecule has 2 rings (SSSR count). The molecular weight excluding hydrogens is 273 g/mol. The molecule has 2 atom stereocenters. The van der Waals surface area contributed by atoms with Gasteiger partial charge < -0.3 is 10.8 Å². The van der Waals surface area contributed by atoms with E-state index in [0.29, 0.717) is 14.8 Å². The van der Waals surface area contributed by atoms with Crippen LogP contribution in [0.25, 0.3) is 0 Å². The molecule has 3 N–H and O–H groups in total. The van der Waals surface area contributed by atoms with Gasteiger partial charge in [-0.3, -0.25) is 0 Å². The van der Waals surface area contributed by atoms with E-state index in [1.165, 1.54) is 17.4 Å². The molecule has 0 amide bonds. The van der Waals surface area contributed by atoms with Gasteiger partial charge in [-0.15, -0.1) is 11.3 Å². The summed E-state index contributed by atoms with van der Waals surface area (Å²) in [4.78, 5) is 0.693. The van der Waals surface area contributed by atoms with Gasteiger partial charge in [0.05, 0.1) is 10.4 Å². The average molecular weight is 286 g/mol. The zero-order valence-corrected chi connectivity index (χ0v) is 11.1. The molecule has 2 aromatic rings. The Morgan fingerprint density at radius 3 is 2.56 bits per heavy atom. The number of hydrogen-bond acceptors (Lipinski definition) is 3. The quantitative estimate of drug-likeness (QED) is 0.905. The molecule has 2 nitrogen and oxygen atoms in total. The normalized spacial score (nSPS) is 14.4. The summed E-state index contributed by atoms with van der Waals surface area (Å²) in [6, 6.07) is 9.80. The maximum atomic E-state index is 13.7. The zero-order valence-electron chi connectivity index (χ0n) is 9.51. The number of halogens is 2. The van der Waals surface area contributed by atoms with Crippen LogP contribution in [0.4, 0.5) is 4.39 Å². The summed E-state index contributed by atoms with van der Waals surface area (Å²) in [6.45, 7) is 0.164. The Morgan fingerprint density at radius 1 is 1.28 bits per heavy atom. The molecule has 96 valence electrons. The van der Waals surface area contributed by atoms with Crippen molar-refractivity contribution < 1.29 is 9.50 Å². The summed E-state index contributed by atoms with van der Waals surface area (Å²) >= 11 is 7.11. The van der Waals surface area contributed by atoms with E-state index in [2.05, 4.69) is 0 Å². The van der Waals surface area contributed by atoms with Crippen molar-refractivity contribution in [1.29, 1.82) is 0 Å². The topological polar surface area (TPSA) is 46.2 Å². The largest absolute Gasteiger partial charge is 0.387 e. The lowest BCUT2D eigenvalue weighted by atomic mass is 9.92. The third kappa shape index (κ3) is 2.72. The third-order valence-corrected chi connectivity index (χ3v) is 4.13. The van der Waals surface area contributed by atoms with Gasteiger partial charge in [0.1, 0.15) is 5.82 Å². The first-order valence-corrected chi connectivity index (χ1v) is 6.70. The van der Waals surface area contributed by atoms with Gasteiger partial charge in [0.15, 0.2) is 0 Å². The van der Waals surface area contributed by atoms with Crippen molar-refractivity contribution in [1.82, 2.24) is 0 Å². The molecule has 0 aliphatic heterocycles. The van der Waals surface area contributed by atoms with Crippen LogP contribution >= 0.6 is 22.9 Å². The summed E-state index contributed by atoms with van der Waals surface area (Å²) < 4.78 is 14.3. The molecule has 0 saturated carbocycles. The van der Waals surface area contributed by atoms with E-state index < -0.39 is 12.0 Å². The van der Waals surface area contributed by atoms with Gasteiger partial charge in [0, 0.05) is 17.3 Å². The number of aliphatic hydroxyl groups is 1.